The minimum atomic E-state index is -1.14. The third-order valence-electron chi connectivity index (χ3n) is 2.35. The second kappa shape index (κ2) is 6.46. The molecule has 1 aromatic heterocycles. The van der Waals surface area contributed by atoms with E-state index < -0.39 is 5.97 Å². The lowest BCUT2D eigenvalue weighted by molar-refractivity contribution is 0.0688. The Bertz CT molecular complexity index is 430. The number of carboxylic acids is 1. The number of hydrogen-bond donors (Lipinski definition) is 2. The molecule has 18 heavy (non-hydrogen) atoms. The first kappa shape index (κ1) is 14.6. The third-order valence-corrected chi connectivity index (χ3v) is 3.18. The van der Waals surface area contributed by atoms with Gasteiger partial charge in [0.2, 0.25) is 0 Å². The van der Waals surface area contributed by atoms with Gasteiger partial charge in [0.05, 0.1) is 0 Å². The molecule has 0 spiro atoms. The molecular formula is C11H16N2O4S. The van der Waals surface area contributed by atoms with Crippen LogP contribution in [-0.4, -0.2) is 51.2 Å². The monoisotopic (exact) mass is 272 g/mol. The second-order valence-corrected chi connectivity index (χ2v) is 4.87. The maximum Gasteiger partial charge on any atom is 0.355 e. The Kier molecular flexibility index (Phi) is 5.24. The van der Waals surface area contributed by atoms with E-state index in [1.54, 1.807) is 4.90 Å². The van der Waals surface area contributed by atoms with E-state index in [-0.39, 0.29) is 29.3 Å². The smallest absolute Gasteiger partial charge is 0.355 e. The number of hydrogen-bond acceptors (Lipinski definition) is 5. The Labute approximate surface area is 109 Å². The molecule has 0 radical (unpaired) electrons. The Morgan fingerprint density at radius 2 is 2.17 bits per heavy atom. The van der Waals surface area contributed by atoms with Crippen LogP contribution >= 0.6 is 11.3 Å². The van der Waals surface area contributed by atoms with Gasteiger partial charge in [0.15, 0.2) is 10.7 Å². The van der Waals surface area contributed by atoms with Gasteiger partial charge in [-0.05, 0) is 20.3 Å². The molecule has 0 fully saturated rings. The minimum absolute atomic E-state index is 0.00868. The zero-order valence-corrected chi connectivity index (χ0v) is 11.1. The number of aliphatic hydroxyl groups is 1. The van der Waals surface area contributed by atoms with Gasteiger partial charge in [0.25, 0.3) is 5.91 Å². The first-order valence-corrected chi connectivity index (χ1v) is 6.46. The summed E-state index contributed by atoms with van der Waals surface area (Å²) >= 11 is 1.02. The number of aromatic nitrogens is 1. The molecule has 7 heteroatoms. The van der Waals surface area contributed by atoms with Crippen LogP contribution in [0.1, 0.15) is 40.6 Å². The van der Waals surface area contributed by atoms with Crippen molar-refractivity contribution < 1.29 is 19.8 Å². The standard InChI is InChI=1S/C11H16N2O4S/c1-7(2)13(4-3-5-14)10(15)9-12-8(6-18-9)11(16)17/h6-7,14H,3-5H2,1-2H3,(H,16,17). The highest BCUT2D eigenvalue weighted by Crippen LogP contribution is 2.14. The lowest BCUT2D eigenvalue weighted by atomic mass is 10.3. The van der Waals surface area contributed by atoms with Crippen LogP contribution in [0.15, 0.2) is 5.38 Å². The lowest BCUT2D eigenvalue weighted by Gasteiger charge is -2.25. The van der Waals surface area contributed by atoms with Crippen molar-refractivity contribution in [2.24, 2.45) is 0 Å². The summed E-state index contributed by atoms with van der Waals surface area (Å²) in [6.07, 6.45) is 0.487. The molecule has 0 aliphatic rings. The highest BCUT2D eigenvalue weighted by Gasteiger charge is 2.22. The highest BCUT2D eigenvalue weighted by molar-refractivity contribution is 7.11. The van der Waals surface area contributed by atoms with Crippen molar-refractivity contribution >= 4 is 23.2 Å². The average Bonchev–Trinajstić information content (AvgIpc) is 2.78. The number of nitrogens with zero attached hydrogens (tertiary/aromatic N) is 2. The molecule has 0 unspecified atom stereocenters. The zero-order chi connectivity index (χ0) is 13.7. The number of aromatic carboxylic acids is 1. The van der Waals surface area contributed by atoms with Gasteiger partial charge in [0, 0.05) is 24.6 Å². The summed E-state index contributed by atoms with van der Waals surface area (Å²) in [7, 11) is 0. The van der Waals surface area contributed by atoms with Crippen LogP contribution in [-0.2, 0) is 0 Å². The molecule has 0 saturated heterocycles. The predicted octanol–water partition coefficient (Wildman–Crippen LogP) is 1.07. The van der Waals surface area contributed by atoms with Gasteiger partial charge in [-0.2, -0.15) is 0 Å². The van der Waals surface area contributed by atoms with Gasteiger partial charge < -0.3 is 15.1 Å². The molecule has 1 aromatic rings. The Morgan fingerprint density at radius 3 is 2.61 bits per heavy atom. The van der Waals surface area contributed by atoms with Crippen molar-refractivity contribution in [2.45, 2.75) is 26.3 Å². The Morgan fingerprint density at radius 1 is 1.50 bits per heavy atom. The van der Waals surface area contributed by atoms with E-state index in [4.69, 9.17) is 10.2 Å². The summed E-state index contributed by atoms with van der Waals surface area (Å²) in [5.74, 6) is -1.44. The van der Waals surface area contributed by atoms with Crippen molar-refractivity contribution in [1.82, 2.24) is 9.88 Å². The van der Waals surface area contributed by atoms with E-state index in [0.717, 1.165) is 11.3 Å². The van der Waals surface area contributed by atoms with Gasteiger partial charge in [-0.1, -0.05) is 0 Å². The van der Waals surface area contributed by atoms with Crippen LogP contribution in [0, 0.1) is 0 Å². The molecule has 2 N–H and O–H groups in total. The summed E-state index contributed by atoms with van der Waals surface area (Å²) in [5.41, 5.74) is -0.116. The first-order chi connectivity index (χ1) is 8.47. The molecule has 0 bridgehead atoms. The van der Waals surface area contributed by atoms with Crippen molar-refractivity contribution in [3.63, 3.8) is 0 Å². The van der Waals surface area contributed by atoms with E-state index >= 15 is 0 Å². The number of carbonyl (C=O) groups is 2. The summed E-state index contributed by atoms with van der Waals surface area (Å²) in [6.45, 7) is 4.16. The second-order valence-electron chi connectivity index (χ2n) is 4.01. The largest absolute Gasteiger partial charge is 0.476 e. The number of carboxylic acid groups (broad SMARTS) is 1. The number of rotatable bonds is 6. The molecule has 0 saturated carbocycles. The molecule has 1 heterocycles. The quantitative estimate of drug-likeness (QED) is 0.808. The summed E-state index contributed by atoms with van der Waals surface area (Å²) in [5, 5.41) is 19.1. The van der Waals surface area contributed by atoms with E-state index in [2.05, 4.69) is 4.98 Å². The van der Waals surface area contributed by atoms with Crippen LogP contribution in [0.2, 0.25) is 0 Å². The minimum Gasteiger partial charge on any atom is -0.476 e. The molecule has 100 valence electrons. The zero-order valence-electron chi connectivity index (χ0n) is 10.3. The van der Waals surface area contributed by atoms with E-state index in [1.165, 1.54) is 5.38 Å². The fourth-order valence-corrected chi connectivity index (χ4v) is 2.17. The van der Waals surface area contributed by atoms with E-state index in [9.17, 15) is 9.59 Å². The van der Waals surface area contributed by atoms with Gasteiger partial charge in [0.1, 0.15) is 0 Å². The molecule has 0 aliphatic carbocycles. The number of amides is 1. The maximum absolute atomic E-state index is 12.1. The van der Waals surface area contributed by atoms with Crippen LogP contribution in [0.3, 0.4) is 0 Å². The van der Waals surface area contributed by atoms with Gasteiger partial charge >= 0.3 is 5.97 Å². The van der Waals surface area contributed by atoms with Crippen LogP contribution < -0.4 is 0 Å². The molecule has 0 aromatic carbocycles. The lowest BCUT2D eigenvalue weighted by Crippen LogP contribution is -2.38. The molecule has 1 amide bonds. The number of thiazole rings is 1. The number of carbonyl (C=O) groups excluding carboxylic acids is 1. The van der Waals surface area contributed by atoms with Gasteiger partial charge in [-0.3, -0.25) is 4.79 Å². The van der Waals surface area contributed by atoms with Crippen molar-refractivity contribution in [1.29, 1.82) is 0 Å². The summed E-state index contributed by atoms with van der Waals surface area (Å²) in [4.78, 5) is 28.2. The van der Waals surface area contributed by atoms with Crippen molar-refractivity contribution in [3.8, 4) is 0 Å². The normalized spacial score (nSPS) is 10.7. The molecule has 0 aliphatic heterocycles. The van der Waals surface area contributed by atoms with Crippen LogP contribution in [0.25, 0.3) is 0 Å². The Hall–Kier alpha value is -1.47. The molecule has 0 atom stereocenters. The molecule has 6 nitrogen and oxygen atoms in total. The average molecular weight is 272 g/mol. The van der Waals surface area contributed by atoms with Crippen molar-refractivity contribution in [2.75, 3.05) is 13.2 Å². The maximum atomic E-state index is 12.1. The molecule has 1 rings (SSSR count). The highest BCUT2D eigenvalue weighted by atomic mass is 32.1. The first-order valence-electron chi connectivity index (χ1n) is 5.58. The van der Waals surface area contributed by atoms with Gasteiger partial charge in [-0.25, -0.2) is 9.78 Å². The summed E-state index contributed by atoms with van der Waals surface area (Å²) < 4.78 is 0. The van der Waals surface area contributed by atoms with Crippen molar-refractivity contribution in [3.05, 3.63) is 16.1 Å². The Balaban J connectivity index is 2.84. The summed E-state index contributed by atoms with van der Waals surface area (Å²) in [6, 6.07) is -0.0266. The SMILES string of the molecule is CC(C)N(CCCO)C(=O)c1nc(C(=O)O)cs1. The van der Waals surface area contributed by atoms with Gasteiger partial charge in [-0.15, -0.1) is 11.3 Å². The predicted molar refractivity (Wildman–Crippen MR) is 66.9 cm³/mol. The van der Waals surface area contributed by atoms with E-state index in [1.807, 2.05) is 13.8 Å². The van der Waals surface area contributed by atoms with Crippen LogP contribution in [0.5, 0.6) is 0 Å². The van der Waals surface area contributed by atoms with Crippen LogP contribution in [0.4, 0.5) is 0 Å². The fourth-order valence-electron chi connectivity index (χ4n) is 1.43. The van der Waals surface area contributed by atoms with E-state index in [0.29, 0.717) is 13.0 Å². The number of aliphatic hydroxyl groups excluding tert-OH is 1. The topological polar surface area (TPSA) is 90.7 Å². The fraction of sp³-hybridized carbons (Fsp3) is 0.545. The molecular weight excluding hydrogens is 256 g/mol. The third kappa shape index (κ3) is 3.51.